The van der Waals surface area contributed by atoms with Gasteiger partial charge in [0.15, 0.2) is 12.3 Å². The number of ketones is 1. The van der Waals surface area contributed by atoms with Gasteiger partial charge in [0.25, 0.3) is 0 Å². The Bertz CT molecular complexity index is 2630. The number of nitrogens with zero attached hydrogens (tertiary/aromatic N) is 3. The molecule has 0 fully saturated rings. The minimum absolute atomic E-state index is 0.0294. The quantitative estimate of drug-likeness (QED) is 0.0693. The highest BCUT2D eigenvalue weighted by molar-refractivity contribution is 7.20. The number of aromatic nitrogens is 2. The molecule has 0 amide bonds. The van der Waals surface area contributed by atoms with E-state index in [-0.39, 0.29) is 12.3 Å². The van der Waals surface area contributed by atoms with Gasteiger partial charge in [-0.15, -0.1) is 0 Å². The zero-order valence-electron chi connectivity index (χ0n) is 35.7. The topological polar surface area (TPSA) is 57.6 Å². The number of halogens is 24. The fraction of sp³-hybridized carbons (Fsp3) is 0.200. The number of rotatable bonds is 7. The van der Waals surface area contributed by atoms with E-state index in [0.29, 0.717) is 11.3 Å². The molecule has 0 bridgehead atoms. The van der Waals surface area contributed by atoms with Crippen LogP contribution in [-0.2, 0) is 56.0 Å². The summed E-state index contributed by atoms with van der Waals surface area (Å²) >= 11 is 0. The lowest BCUT2D eigenvalue weighted by Crippen LogP contribution is -2.75. The Morgan fingerprint density at radius 1 is 0.432 bits per heavy atom. The highest BCUT2D eigenvalue weighted by atomic mass is 19.4. The molecule has 0 atom stereocenters. The molecule has 0 saturated heterocycles. The Kier molecular flexibility index (Phi) is 15.5. The van der Waals surface area contributed by atoms with Crippen LogP contribution in [0.4, 0.5) is 105 Å². The molecule has 0 aliphatic carbocycles. The molecule has 6 rings (SSSR count). The van der Waals surface area contributed by atoms with Crippen molar-refractivity contribution in [3.8, 4) is 6.07 Å². The Morgan fingerprint density at radius 3 is 0.919 bits per heavy atom. The number of hydrogen-bond donors (Lipinski definition) is 0. The van der Waals surface area contributed by atoms with Gasteiger partial charge in [0.05, 0.1) is 50.7 Å². The summed E-state index contributed by atoms with van der Waals surface area (Å²) in [5.41, 5.74) is -29.2. The molecular formula is C45H22BF24N3O. The predicted molar refractivity (Wildman–Crippen MR) is 210 cm³/mol. The lowest BCUT2D eigenvalue weighted by atomic mass is 9.12. The molecule has 1 aromatic heterocycles. The number of nitriles is 1. The smallest absolute Gasteiger partial charge is 0.287 e. The van der Waals surface area contributed by atoms with E-state index in [0.717, 1.165) is 0 Å². The van der Waals surface area contributed by atoms with Crippen molar-refractivity contribution in [3.63, 3.8) is 0 Å². The number of carbonyl (C=O) groups excluding carboxylic acids is 1. The molecule has 0 N–H and O–H groups in total. The molecule has 0 unspecified atom stereocenters. The molecule has 0 aliphatic heterocycles. The van der Waals surface area contributed by atoms with Crippen LogP contribution in [0.5, 0.6) is 0 Å². The average Bonchev–Trinajstić information content (AvgIpc) is 3.27. The largest absolute Gasteiger partial charge is 0.416 e. The fourth-order valence-corrected chi connectivity index (χ4v) is 7.56. The van der Waals surface area contributed by atoms with Crippen molar-refractivity contribution in [2.24, 2.45) is 0 Å². The van der Waals surface area contributed by atoms with Crippen LogP contribution < -0.4 is 26.4 Å². The molecule has 0 spiro atoms. The lowest BCUT2D eigenvalue weighted by molar-refractivity contribution is -0.686. The van der Waals surface area contributed by atoms with Gasteiger partial charge in [-0.25, -0.2) is 0 Å². The summed E-state index contributed by atoms with van der Waals surface area (Å²) in [6.07, 6.45) is -50.2. The summed E-state index contributed by atoms with van der Waals surface area (Å²) in [4.78, 5) is 15.8. The summed E-state index contributed by atoms with van der Waals surface area (Å²) in [5.74, 6) is -0.0294. The van der Waals surface area contributed by atoms with E-state index in [1.165, 1.54) is 6.20 Å². The molecule has 5 aromatic carbocycles. The normalized spacial score (nSPS) is 13.2. The van der Waals surface area contributed by atoms with E-state index in [1.54, 1.807) is 29.1 Å². The monoisotopic (exact) mass is 1090 g/mol. The molecule has 0 saturated carbocycles. The van der Waals surface area contributed by atoms with Crippen molar-refractivity contribution >= 4 is 33.8 Å². The van der Waals surface area contributed by atoms with Crippen molar-refractivity contribution < 1.29 is 115 Å². The van der Waals surface area contributed by atoms with Crippen molar-refractivity contribution in [2.75, 3.05) is 0 Å². The van der Waals surface area contributed by atoms with Crippen LogP contribution in [0.2, 0.25) is 0 Å². The summed E-state index contributed by atoms with van der Waals surface area (Å²) in [5, 5.41) is 8.88. The second-order valence-electron chi connectivity index (χ2n) is 15.7. The number of carbonyl (C=O) groups is 1. The number of hydrogen-bond acceptors (Lipinski definition) is 3. The SMILES string of the molecule is FC(F)(F)c1cc([B-](c2cc(C(F)(F)F)cc(C(F)(F)F)c2)(c2cc(C(F)(F)F)cc(C(F)(F)F)c2)c2cc(C(F)(F)F)cc(C(F)(F)F)c2)cc(C(F)(F)F)c1.N#Cc1cncc[n+]1CC(=O)c1ccccc1. The van der Waals surface area contributed by atoms with E-state index in [4.69, 9.17) is 5.26 Å². The predicted octanol–water partition coefficient (Wildman–Crippen LogP) is 12.3. The summed E-state index contributed by atoms with van der Waals surface area (Å²) < 4.78 is 342. The Labute approximate surface area is 398 Å². The van der Waals surface area contributed by atoms with Gasteiger partial charge in [-0.2, -0.15) is 137 Å². The highest BCUT2D eigenvalue weighted by Gasteiger charge is 2.47. The third kappa shape index (κ3) is 13.1. The van der Waals surface area contributed by atoms with Crippen LogP contribution in [0.3, 0.4) is 0 Å². The summed E-state index contributed by atoms with van der Waals surface area (Å²) in [7, 11) is 0. The second-order valence-corrected chi connectivity index (χ2v) is 15.7. The van der Waals surface area contributed by atoms with Gasteiger partial charge in [-0.3, -0.25) is 9.78 Å². The summed E-state index contributed by atoms with van der Waals surface area (Å²) in [6.45, 7) is 0.148. The summed E-state index contributed by atoms with van der Waals surface area (Å²) in [6, 6.07) is 2.20. The third-order valence-corrected chi connectivity index (χ3v) is 10.8. The number of benzene rings is 5. The third-order valence-electron chi connectivity index (χ3n) is 10.8. The maximum atomic E-state index is 14.2. The van der Waals surface area contributed by atoms with Gasteiger partial charge >= 0.3 is 55.1 Å². The first kappa shape index (κ1) is 57.6. The van der Waals surface area contributed by atoms with E-state index in [9.17, 15) is 110 Å². The van der Waals surface area contributed by atoms with Gasteiger partial charge in [-0.1, -0.05) is 78.9 Å². The molecule has 74 heavy (non-hydrogen) atoms. The molecule has 6 aromatic rings. The van der Waals surface area contributed by atoms with Crippen LogP contribution in [-0.4, -0.2) is 16.9 Å². The standard InChI is InChI=1S/C32H12BF24.C13H10N3O/c34-25(35,36)13-1-14(26(37,38)39)6-21(5-13)33(22-7-15(27(40,41)42)2-16(8-22)28(43,44)45,23-9-17(29(46,47)48)3-18(10-23)30(49,50)51)24-11-19(31(52,53)54)4-20(12-24)32(55,56)57;14-8-12-9-15-6-7-16(12)10-13(17)11-4-2-1-3-5-11/h1-12H;1-7,9H,10H2/q-1;+1. The van der Waals surface area contributed by atoms with Crippen molar-refractivity contribution in [1.82, 2.24) is 4.98 Å². The zero-order valence-corrected chi connectivity index (χ0v) is 35.7. The Morgan fingerprint density at radius 2 is 0.689 bits per heavy atom. The van der Waals surface area contributed by atoms with Gasteiger partial charge in [0, 0.05) is 5.56 Å². The number of alkyl halides is 24. The van der Waals surface area contributed by atoms with Gasteiger partial charge in [-0.05, 0) is 24.3 Å². The highest BCUT2D eigenvalue weighted by Crippen LogP contribution is 2.41. The Balaban J connectivity index is 0.000000500. The van der Waals surface area contributed by atoms with Crippen LogP contribution in [0.1, 0.15) is 60.6 Å². The number of Topliss-reactive ketones (excluding diaryl/α,β-unsaturated/α-hetero) is 1. The molecular weight excluding hydrogens is 1070 g/mol. The lowest BCUT2D eigenvalue weighted by Gasteiger charge is -2.46. The first-order valence-electron chi connectivity index (χ1n) is 19.7. The molecule has 1 heterocycles. The first-order chi connectivity index (χ1) is 33.6. The van der Waals surface area contributed by atoms with Crippen LogP contribution in [0, 0.1) is 11.3 Å². The van der Waals surface area contributed by atoms with Crippen molar-refractivity contribution in [3.05, 3.63) is 177 Å². The maximum Gasteiger partial charge on any atom is 0.416 e. The van der Waals surface area contributed by atoms with E-state index in [1.807, 2.05) is 24.3 Å². The van der Waals surface area contributed by atoms with Crippen LogP contribution in [0.25, 0.3) is 0 Å². The fourth-order valence-electron chi connectivity index (χ4n) is 7.56. The van der Waals surface area contributed by atoms with E-state index < -0.39 is 195 Å². The van der Waals surface area contributed by atoms with E-state index >= 15 is 0 Å². The molecule has 394 valence electrons. The molecule has 29 heteroatoms. The van der Waals surface area contributed by atoms with Crippen molar-refractivity contribution in [1.29, 1.82) is 5.26 Å². The minimum Gasteiger partial charge on any atom is -0.287 e. The van der Waals surface area contributed by atoms with Gasteiger partial charge < -0.3 is 0 Å². The Hall–Kier alpha value is -7.28. The first-order valence-corrected chi connectivity index (χ1v) is 19.7. The average molecular weight is 1090 g/mol. The molecule has 0 radical (unpaired) electrons. The van der Waals surface area contributed by atoms with Crippen molar-refractivity contribution in [2.45, 2.75) is 56.0 Å². The van der Waals surface area contributed by atoms with Crippen LogP contribution >= 0.6 is 0 Å². The van der Waals surface area contributed by atoms with Gasteiger partial charge in [0.1, 0.15) is 12.3 Å². The van der Waals surface area contributed by atoms with E-state index in [2.05, 4.69) is 4.98 Å². The maximum absolute atomic E-state index is 14.2. The molecule has 0 aliphatic rings. The zero-order chi connectivity index (χ0) is 56.0. The molecule has 4 nitrogen and oxygen atoms in total. The second kappa shape index (κ2) is 19.9. The minimum atomic E-state index is -6.13. The van der Waals surface area contributed by atoms with Crippen LogP contribution in [0.15, 0.2) is 122 Å². The van der Waals surface area contributed by atoms with Gasteiger partial charge in [0.2, 0.25) is 12.3 Å².